The van der Waals surface area contributed by atoms with Crippen molar-refractivity contribution in [2.45, 2.75) is 6.42 Å². The summed E-state index contributed by atoms with van der Waals surface area (Å²) < 4.78 is 0. The number of hydrogen-bond acceptors (Lipinski definition) is 4. The Kier molecular flexibility index (Phi) is 4.19. The van der Waals surface area contributed by atoms with Crippen LogP contribution in [-0.2, 0) is 14.4 Å². The number of allylic oxidation sites excluding steroid dienone is 2. The minimum Gasteiger partial charge on any atom is -0.367 e. The molecule has 2 bridgehead atoms. The van der Waals surface area contributed by atoms with Crippen molar-refractivity contribution >= 4 is 35.0 Å². The molecule has 5 rings (SSSR count). The molecule has 2 aliphatic heterocycles. The van der Waals surface area contributed by atoms with Crippen molar-refractivity contribution in [3.63, 3.8) is 0 Å². The van der Waals surface area contributed by atoms with Crippen LogP contribution < -0.4 is 4.90 Å². The van der Waals surface area contributed by atoms with Crippen LogP contribution in [0.4, 0.5) is 5.69 Å². The van der Waals surface area contributed by atoms with E-state index in [0.717, 1.165) is 12.1 Å². The van der Waals surface area contributed by atoms with Crippen LogP contribution in [0.3, 0.4) is 0 Å². The quantitative estimate of drug-likeness (QED) is 0.574. The molecule has 1 aromatic carbocycles. The zero-order chi connectivity index (χ0) is 19.4. The number of benzene rings is 1. The van der Waals surface area contributed by atoms with Gasteiger partial charge in [-0.2, -0.15) is 0 Å². The van der Waals surface area contributed by atoms with E-state index in [1.807, 2.05) is 24.3 Å². The largest absolute Gasteiger partial charge is 0.367 e. The number of para-hydroxylation sites is 1. The average molecular weight is 400 g/mol. The lowest BCUT2D eigenvalue weighted by Crippen LogP contribution is -2.52. The van der Waals surface area contributed by atoms with Gasteiger partial charge < -0.3 is 9.80 Å². The summed E-state index contributed by atoms with van der Waals surface area (Å²) >= 11 is 6.27. The number of halogens is 1. The van der Waals surface area contributed by atoms with Crippen molar-refractivity contribution in [2.75, 3.05) is 37.6 Å². The summed E-state index contributed by atoms with van der Waals surface area (Å²) in [6, 6.07) is 7.68. The van der Waals surface area contributed by atoms with Gasteiger partial charge in [0.1, 0.15) is 6.54 Å². The van der Waals surface area contributed by atoms with Crippen LogP contribution in [0.25, 0.3) is 0 Å². The Bertz CT molecular complexity index is 847. The number of carbonyl (C=O) groups excluding carboxylic acids is 3. The SMILES string of the molecule is O=C(CN1C(=O)C2C3C=CC(C3)C2C1=O)N1CCN(c2ccccc2Cl)CC1. The number of fused-ring (bicyclic) bond motifs is 5. The molecule has 3 amide bonds. The Morgan fingerprint density at radius 2 is 1.57 bits per heavy atom. The fourth-order valence-corrected chi connectivity index (χ4v) is 5.52. The van der Waals surface area contributed by atoms with Crippen molar-refractivity contribution in [1.82, 2.24) is 9.80 Å². The molecule has 146 valence electrons. The van der Waals surface area contributed by atoms with Gasteiger partial charge in [0.25, 0.3) is 0 Å². The summed E-state index contributed by atoms with van der Waals surface area (Å²) in [6.45, 7) is 2.34. The molecule has 0 N–H and O–H groups in total. The van der Waals surface area contributed by atoms with E-state index in [1.54, 1.807) is 4.90 Å². The second-order valence-corrected chi connectivity index (χ2v) is 8.49. The first kappa shape index (κ1) is 17.7. The fraction of sp³-hybridized carbons (Fsp3) is 0.476. The Balaban J connectivity index is 1.21. The number of rotatable bonds is 3. The maximum Gasteiger partial charge on any atom is 0.242 e. The van der Waals surface area contributed by atoms with E-state index in [4.69, 9.17) is 11.6 Å². The first-order valence-corrected chi connectivity index (χ1v) is 10.2. The van der Waals surface area contributed by atoms with E-state index in [-0.39, 0.29) is 47.9 Å². The Morgan fingerprint density at radius 3 is 2.18 bits per heavy atom. The number of amides is 3. The van der Waals surface area contributed by atoms with Crippen molar-refractivity contribution in [3.8, 4) is 0 Å². The van der Waals surface area contributed by atoms with Crippen molar-refractivity contribution in [3.05, 3.63) is 41.4 Å². The number of piperazine rings is 1. The minimum absolute atomic E-state index is 0.129. The van der Waals surface area contributed by atoms with Gasteiger partial charge in [-0.3, -0.25) is 19.3 Å². The monoisotopic (exact) mass is 399 g/mol. The maximum absolute atomic E-state index is 12.8. The molecule has 1 aromatic rings. The van der Waals surface area contributed by atoms with Crippen LogP contribution in [0.2, 0.25) is 5.02 Å². The molecular weight excluding hydrogens is 378 g/mol. The molecule has 3 fully saturated rings. The number of imide groups is 1. The second-order valence-electron chi connectivity index (χ2n) is 8.08. The molecule has 7 heteroatoms. The Labute approximate surface area is 168 Å². The molecule has 4 unspecified atom stereocenters. The highest BCUT2D eigenvalue weighted by Gasteiger charge is 2.59. The second kappa shape index (κ2) is 6.62. The number of nitrogens with zero attached hydrogens (tertiary/aromatic N) is 3. The van der Waals surface area contributed by atoms with E-state index < -0.39 is 0 Å². The molecule has 0 spiro atoms. The number of hydrogen-bond donors (Lipinski definition) is 0. The normalized spacial score (nSPS) is 31.1. The molecular formula is C21H22ClN3O3. The molecule has 2 heterocycles. The zero-order valence-corrected chi connectivity index (χ0v) is 16.2. The highest BCUT2D eigenvalue weighted by Crippen LogP contribution is 2.52. The van der Waals surface area contributed by atoms with Crippen LogP contribution in [0, 0.1) is 23.7 Å². The molecule has 1 saturated carbocycles. The number of carbonyl (C=O) groups is 3. The molecule has 4 aliphatic rings. The van der Waals surface area contributed by atoms with Gasteiger partial charge in [-0.1, -0.05) is 35.9 Å². The smallest absolute Gasteiger partial charge is 0.242 e. The van der Waals surface area contributed by atoms with Crippen molar-refractivity contribution < 1.29 is 14.4 Å². The summed E-state index contributed by atoms with van der Waals surface area (Å²) in [6.07, 6.45) is 5.03. The lowest BCUT2D eigenvalue weighted by atomic mass is 9.85. The average Bonchev–Trinajstić information content (AvgIpc) is 3.38. The van der Waals surface area contributed by atoms with E-state index >= 15 is 0 Å². The summed E-state index contributed by atoms with van der Waals surface area (Å²) in [5.74, 6) is -0.609. The van der Waals surface area contributed by atoms with Crippen LogP contribution in [0.5, 0.6) is 0 Å². The maximum atomic E-state index is 12.8. The molecule has 4 atom stereocenters. The number of likely N-dealkylation sites (tertiary alicyclic amines) is 1. The van der Waals surface area contributed by atoms with Gasteiger partial charge in [-0.15, -0.1) is 0 Å². The number of anilines is 1. The van der Waals surface area contributed by atoms with Gasteiger partial charge >= 0.3 is 0 Å². The minimum atomic E-state index is -0.243. The molecule has 6 nitrogen and oxygen atoms in total. The van der Waals surface area contributed by atoms with Gasteiger partial charge in [-0.05, 0) is 30.4 Å². The third-order valence-corrected chi connectivity index (χ3v) is 7.00. The van der Waals surface area contributed by atoms with Crippen LogP contribution >= 0.6 is 11.6 Å². The van der Waals surface area contributed by atoms with E-state index in [2.05, 4.69) is 17.1 Å². The summed E-state index contributed by atoms with van der Waals surface area (Å²) in [5, 5.41) is 0.699. The predicted molar refractivity (Wildman–Crippen MR) is 105 cm³/mol. The molecule has 28 heavy (non-hydrogen) atoms. The van der Waals surface area contributed by atoms with Crippen LogP contribution in [-0.4, -0.2) is 60.2 Å². The Hall–Kier alpha value is -2.34. The molecule has 0 radical (unpaired) electrons. The van der Waals surface area contributed by atoms with Crippen LogP contribution in [0.15, 0.2) is 36.4 Å². The summed E-state index contributed by atoms with van der Waals surface area (Å²) in [7, 11) is 0. The first-order valence-electron chi connectivity index (χ1n) is 9.85. The van der Waals surface area contributed by atoms with Gasteiger partial charge in [0, 0.05) is 26.2 Å². The third kappa shape index (κ3) is 2.65. The summed E-state index contributed by atoms with van der Waals surface area (Å²) in [5.41, 5.74) is 0.969. The lowest BCUT2D eigenvalue weighted by Gasteiger charge is -2.37. The van der Waals surface area contributed by atoms with Crippen molar-refractivity contribution in [1.29, 1.82) is 0 Å². The van der Waals surface area contributed by atoms with E-state index in [0.29, 0.717) is 31.2 Å². The fourth-order valence-electron chi connectivity index (χ4n) is 5.26. The van der Waals surface area contributed by atoms with Crippen LogP contribution in [0.1, 0.15) is 6.42 Å². The highest BCUT2D eigenvalue weighted by molar-refractivity contribution is 6.33. The Morgan fingerprint density at radius 1 is 0.964 bits per heavy atom. The van der Waals surface area contributed by atoms with Gasteiger partial charge in [0.15, 0.2) is 0 Å². The lowest BCUT2D eigenvalue weighted by molar-refractivity contribution is -0.147. The predicted octanol–water partition coefficient (Wildman–Crippen LogP) is 1.80. The standard InChI is InChI=1S/C21H22ClN3O3/c22-15-3-1-2-4-16(15)23-7-9-24(10-8-23)17(26)12-25-20(27)18-13-5-6-14(11-13)19(18)21(25)28/h1-6,13-14,18-19H,7-12H2. The summed E-state index contributed by atoms with van der Waals surface area (Å²) in [4.78, 5) is 43.4. The molecule has 0 aromatic heterocycles. The van der Waals surface area contributed by atoms with Gasteiger partial charge in [0.2, 0.25) is 17.7 Å². The molecule has 2 aliphatic carbocycles. The third-order valence-electron chi connectivity index (χ3n) is 6.68. The zero-order valence-electron chi connectivity index (χ0n) is 15.5. The van der Waals surface area contributed by atoms with Crippen molar-refractivity contribution in [2.24, 2.45) is 23.7 Å². The topological polar surface area (TPSA) is 60.9 Å². The van der Waals surface area contributed by atoms with E-state index in [9.17, 15) is 14.4 Å². The van der Waals surface area contributed by atoms with Gasteiger partial charge in [-0.25, -0.2) is 0 Å². The molecule has 2 saturated heterocycles. The van der Waals surface area contributed by atoms with E-state index in [1.165, 1.54) is 4.90 Å². The highest BCUT2D eigenvalue weighted by atomic mass is 35.5. The first-order chi connectivity index (χ1) is 13.5. The van der Waals surface area contributed by atoms with Gasteiger partial charge in [0.05, 0.1) is 22.5 Å².